The zero-order valence-corrected chi connectivity index (χ0v) is 11.6. The van der Waals surface area contributed by atoms with Gasteiger partial charge in [0.05, 0.1) is 11.6 Å². The van der Waals surface area contributed by atoms with Crippen LogP contribution in [0.3, 0.4) is 0 Å². The van der Waals surface area contributed by atoms with Gasteiger partial charge in [-0.15, -0.1) is 4.91 Å². The highest BCUT2D eigenvalue weighted by Crippen LogP contribution is 2.36. The molecule has 1 aliphatic rings. The molecule has 0 radical (unpaired) electrons. The number of nitrogen functional groups attached to an aromatic ring is 1. The number of benzene rings is 1. The third-order valence-electron chi connectivity index (χ3n) is 3.19. The molecule has 0 unspecified atom stereocenters. The Bertz CT molecular complexity index is 747. The SMILES string of the molecule is N#Cc1ccc(Nc2nc(N)nc(NC3CC3)c2N=O)cc1. The molecule has 0 amide bonds. The van der Waals surface area contributed by atoms with Crippen LogP contribution in [0.15, 0.2) is 29.4 Å². The molecule has 8 nitrogen and oxygen atoms in total. The maximum absolute atomic E-state index is 11.2. The molecular formula is C14H13N7O. The number of nitrogens with zero attached hydrogens (tertiary/aromatic N) is 4. The lowest BCUT2D eigenvalue weighted by atomic mass is 10.2. The number of rotatable bonds is 5. The maximum atomic E-state index is 11.2. The van der Waals surface area contributed by atoms with Gasteiger partial charge in [-0.1, -0.05) is 0 Å². The third kappa shape index (κ3) is 2.93. The maximum Gasteiger partial charge on any atom is 0.224 e. The molecule has 1 aromatic carbocycles. The average Bonchev–Trinajstić information content (AvgIpc) is 3.32. The third-order valence-corrected chi connectivity index (χ3v) is 3.19. The lowest BCUT2D eigenvalue weighted by Gasteiger charge is -2.12. The first-order valence-electron chi connectivity index (χ1n) is 6.74. The van der Waals surface area contributed by atoms with Gasteiger partial charge in [-0.25, -0.2) is 0 Å². The van der Waals surface area contributed by atoms with Gasteiger partial charge in [-0.3, -0.25) is 0 Å². The van der Waals surface area contributed by atoms with Crippen molar-refractivity contribution < 1.29 is 0 Å². The fourth-order valence-electron chi connectivity index (χ4n) is 1.93. The molecule has 1 aromatic heterocycles. The molecule has 0 bridgehead atoms. The number of hydrogen-bond acceptors (Lipinski definition) is 8. The van der Waals surface area contributed by atoms with Crippen LogP contribution in [-0.2, 0) is 0 Å². The van der Waals surface area contributed by atoms with E-state index in [0.29, 0.717) is 23.1 Å². The van der Waals surface area contributed by atoms with Crippen LogP contribution in [-0.4, -0.2) is 16.0 Å². The molecule has 22 heavy (non-hydrogen) atoms. The Morgan fingerprint density at radius 3 is 2.50 bits per heavy atom. The first-order valence-corrected chi connectivity index (χ1v) is 6.74. The molecule has 8 heteroatoms. The van der Waals surface area contributed by atoms with Gasteiger partial charge in [0.15, 0.2) is 17.3 Å². The Morgan fingerprint density at radius 1 is 1.23 bits per heavy atom. The lowest BCUT2D eigenvalue weighted by molar-refractivity contribution is 1.09. The number of nitrogens with one attached hydrogen (secondary N) is 2. The Hall–Kier alpha value is -3.21. The summed E-state index contributed by atoms with van der Waals surface area (Å²) in [5.74, 6) is 0.614. The summed E-state index contributed by atoms with van der Waals surface area (Å²) in [5, 5.41) is 17.9. The zero-order chi connectivity index (χ0) is 15.5. The van der Waals surface area contributed by atoms with Crippen molar-refractivity contribution in [2.24, 2.45) is 5.18 Å². The van der Waals surface area contributed by atoms with Gasteiger partial charge in [-0.05, 0) is 42.3 Å². The summed E-state index contributed by atoms with van der Waals surface area (Å²) in [4.78, 5) is 19.2. The molecule has 3 rings (SSSR count). The number of aromatic nitrogens is 2. The second-order valence-electron chi connectivity index (χ2n) is 4.95. The molecule has 1 heterocycles. The van der Waals surface area contributed by atoms with Gasteiger partial charge < -0.3 is 16.4 Å². The van der Waals surface area contributed by atoms with Gasteiger partial charge in [0.25, 0.3) is 0 Å². The highest BCUT2D eigenvalue weighted by Gasteiger charge is 2.25. The predicted octanol–water partition coefficient (Wildman–Crippen LogP) is 2.65. The van der Waals surface area contributed by atoms with Crippen molar-refractivity contribution >= 4 is 29.0 Å². The van der Waals surface area contributed by atoms with Crippen LogP contribution in [0.25, 0.3) is 0 Å². The largest absolute Gasteiger partial charge is 0.368 e. The van der Waals surface area contributed by atoms with Crippen molar-refractivity contribution in [3.8, 4) is 6.07 Å². The van der Waals surface area contributed by atoms with E-state index in [1.807, 2.05) is 6.07 Å². The van der Waals surface area contributed by atoms with Gasteiger partial charge in [0.2, 0.25) is 5.95 Å². The molecule has 0 aliphatic heterocycles. The molecular weight excluding hydrogens is 282 g/mol. The van der Waals surface area contributed by atoms with E-state index in [1.54, 1.807) is 24.3 Å². The summed E-state index contributed by atoms with van der Waals surface area (Å²) in [6, 6.07) is 9.07. The topological polar surface area (TPSA) is 129 Å². The second-order valence-corrected chi connectivity index (χ2v) is 4.95. The van der Waals surface area contributed by atoms with Gasteiger partial charge in [0, 0.05) is 11.7 Å². The molecule has 1 aliphatic carbocycles. The van der Waals surface area contributed by atoms with Gasteiger partial charge in [0.1, 0.15) is 0 Å². The summed E-state index contributed by atoms with van der Waals surface area (Å²) in [7, 11) is 0. The summed E-state index contributed by atoms with van der Waals surface area (Å²) < 4.78 is 0. The molecule has 0 spiro atoms. The van der Waals surface area contributed by atoms with E-state index in [9.17, 15) is 4.91 Å². The van der Waals surface area contributed by atoms with Crippen LogP contribution in [0, 0.1) is 16.2 Å². The van der Waals surface area contributed by atoms with Crippen molar-refractivity contribution in [3.63, 3.8) is 0 Å². The van der Waals surface area contributed by atoms with Crippen molar-refractivity contribution in [2.45, 2.75) is 18.9 Å². The second kappa shape index (κ2) is 5.65. The van der Waals surface area contributed by atoms with Gasteiger partial charge in [-0.2, -0.15) is 15.2 Å². The Labute approximate surface area is 126 Å². The van der Waals surface area contributed by atoms with Gasteiger partial charge >= 0.3 is 0 Å². The highest BCUT2D eigenvalue weighted by molar-refractivity contribution is 5.78. The van der Waals surface area contributed by atoms with Crippen LogP contribution >= 0.6 is 0 Å². The van der Waals surface area contributed by atoms with E-state index in [4.69, 9.17) is 11.0 Å². The van der Waals surface area contributed by atoms with E-state index >= 15 is 0 Å². The van der Waals surface area contributed by atoms with E-state index < -0.39 is 0 Å². The monoisotopic (exact) mass is 295 g/mol. The van der Waals surface area contributed by atoms with Crippen LogP contribution in [0.2, 0.25) is 0 Å². The number of nitroso groups, excluding NO2 is 1. The molecule has 0 saturated heterocycles. The lowest BCUT2D eigenvalue weighted by Crippen LogP contribution is -2.08. The number of nitriles is 1. The Kier molecular flexibility index (Phi) is 3.53. The molecule has 1 fully saturated rings. The Morgan fingerprint density at radius 2 is 1.91 bits per heavy atom. The van der Waals surface area contributed by atoms with E-state index in [-0.39, 0.29) is 17.5 Å². The fourth-order valence-corrected chi connectivity index (χ4v) is 1.93. The first-order chi connectivity index (χ1) is 10.7. The summed E-state index contributed by atoms with van der Waals surface area (Å²) in [6.45, 7) is 0. The Balaban J connectivity index is 1.92. The van der Waals surface area contributed by atoms with Crippen LogP contribution in [0.4, 0.5) is 29.0 Å². The van der Waals surface area contributed by atoms with Crippen molar-refractivity contribution in [3.05, 3.63) is 34.7 Å². The minimum atomic E-state index is 0.0479. The van der Waals surface area contributed by atoms with E-state index in [2.05, 4.69) is 25.8 Å². The highest BCUT2D eigenvalue weighted by atomic mass is 16.3. The normalized spacial score (nSPS) is 13.2. The van der Waals surface area contributed by atoms with Crippen molar-refractivity contribution in [1.29, 1.82) is 5.26 Å². The molecule has 4 N–H and O–H groups in total. The molecule has 110 valence electrons. The first kappa shape index (κ1) is 13.8. The fraction of sp³-hybridized carbons (Fsp3) is 0.214. The van der Waals surface area contributed by atoms with Crippen LogP contribution in [0.1, 0.15) is 18.4 Å². The zero-order valence-electron chi connectivity index (χ0n) is 11.6. The smallest absolute Gasteiger partial charge is 0.224 e. The minimum Gasteiger partial charge on any atom is -0.368 e. The van der Waals surface area contributed by atoms with Crippen LogP contribution < -0.4 is 16.4 Å². The number of anilines is 4. The molecule has 0 atom stereocenters. The quantitative estimate of drug-likeness (QED) is 0.723. The average molecular weight is 295 g/mol. The molecule has 1 saturated carbocycles. The summed E-state index contributed by atoms with van der Waals surface area (Å²) >= 11 is 0. The summed E-state index contributed by atoms with van der Waals surface area (Å²) in [5.41, 5.74) is 6.98. The number of nitrogens with two attached hydrogens (primary N) is 1. The van der Waals surface area contributed by atoms with Crippen LogP contribution in [0.5, 0.6) is 0 Å². The van der Waals surface area contributed by atoms with E-state index in [1.165, 1.54) is 0 Å². The predicted molar refractivity (Wildman–Crippen MR) is 83.0 cm³/mol. The summed E-state index contributed by atoms with van der Waals surface area (Å²) in [6.07, 6.45) is 2.06. The van der Waals surface area contributed by atoms with Crippen molar-refractivity contribution in [1.82, 2.24) is 9.97 Å². The van der Waals surface area contributed by atoms with E-state index in [0.717, 1.165) is 12.8 Å². The standard InChI is InChI=1S/C14H13N7O/c15-7-8-1-3-9(4-2-8)17-12-11(21-22)13(18-10-5-6-10)20-14(16)19-12/h1-4,10H,5-6H2,(H4,16,17,18,19,20). The number of hydrogen-bond donors (Lipinski definition) is 3. The minimum absolute atomic E-state index is 0.0479. The molecule has 2 aromatic rings. The van der Waals surface area contributed by atoms with Crippen molar-refractivity contribution in [2.75, 3.05) is 16.4 Å².